The molecular weight excluding hydrogens is 260 g/mol. The Morgan fingerprint density at radius 2 is 1.84 bits per heavy atom. The van der Waals surface area contributed by atoms with E-state index in [2.05, 4.69) is 6.92 Å². The number of amides is 1. The van der Waals surface area contributed by atoms with Crippen molar-refractivity contribution >= 4 is 24.0 Å². The number of benzene rings is 1. The zero-order valence-corrected chi connectivity index (χ0v) is 12.8. The molecule has 19 heavy (non-hydrogen) atoms. The van der Waals surface area contributed by atoms with Crippen LogP contribution in [-0.2, 0) is 4.79 Å². The van der Waals surface area contributed by atoms with Gasteiger partial charge in [0.05, 0.1) is 5.92 Å². The number of nitrogens with two attached hydrogens (primary N) is 1. The van der Waals surface area contributed by atoms with Crippen molar-refractivity contribution in [2.24, 2.45) is 11.7 Å². The summed E-state index contributed by atoms with van der Waals surface area (Å²) in [5.41, 5.74) is 6.80. The number of anilines is 1. The molecule has 0 aliphatic heterocycles. The predicted octanol–water partition coefficient (Wildman–Crippen LogP) is 3.22. The summed E-state index contributed by atoms with van der Waals surface area (Å²) in [5.74, 6) is -0.0355. The number of para-hydroxylation sites is 1. The number of hydrogen-bond donors (Lipinski definition) is 1. The number of unbranched alkanes of at least 4 members (excludes halogenated alkanes) is 1. The Labute approximate surface area is 122 Å². The van der Waals surface area contributed by atoms with E-state index in [1.807, 2.05) is 49.1 Å². The molecule has 2 N–H and O–H groups in total. The van der Waals surface area contributed by atoms with Crippen LogP contribution in [0.25, 0.3) is 0 Å². The summed E-state index contributed by atoms with van der Waals surface area (Å²) in [6.07, 6.45) is 2.08. The van der Waals surface area contributed by atoms with Crippen LogP contribution in [0.5, 0.6) is 0 Å². The summed E-state index contributed by atoms with van der Waals surface area (Å²) in [5, 5.41) is 0. The molecule has 108 valence electrons. The van der Waals surface area contributed by atoms with Crippen molar-refractivity contribution < 1.29 is 4.79 Å². The Balaban J connectivity index is 0.00000324. The second-order valence-electron chi connectivity index (χ2n) is 4.83. The van der Waals surface area contributed by atoms with E-state index in [1.54, 1.807) is 0 Å². The van der Waals surface area contributed by atoms with Crippen LogP contribution in [0.3, 0.4) is 0 Å². The topological polar surface area (TPSA) is 46.3 Å². The van der Waals surface area contributed by atoms with Gasteiger partial charge in [0, 0.05) is 18.3 Å². The SMILES string of the molecule is CCCCN(C(=O)C(C)C(C)N)c1ccccc1.Cl. The lowest BCUT2D eigenvalue weighted by molar-refractivity contribution is -0.122. The summed E-state index contributed by atoms with van der Waals surface area (Å²) in [6, 6.07) is 9.70. The third kappa shape index (κ3) is 5.21. The van der Waals surface area contributed by atoms with Gasteiger partial charge in [-0.15, -0.1) is 12.4 Å². The Hall–Kier alpha value is -1.06. The normalized spacial score (nSPS) is 13.3. The third-order valence-corrected chi connectivity index (χ3v) is 3.25. The predicted molar refractivity (Wildman–Crippen MR) is 83.8 cm³/mol. The number of halogens is 1. The fourth-order valence-electron chi connectivity index (χ4n) is 1.76. The van der Waals surface area contributed by atoms with Crippen molar-refractivity contribution in [2.75, 3.05) is 11.4 Å². The van der Waals surface area contributed by atoms with Crippen LogP contribution in [0.15, 0.2) is 30.3 Å². The van der Waals surface area contributed by atoms with Crippen LogP contribution >= 0.6 is 12.4 Å². The molecule has 3 nitrogen and oxygen atoms in total. The lowest BCUT2D eigenvalue weighted by atomic mass is 10.0. The van der Waals surface area contributed by atoms with Gasteiger partial charge in [-0.25, -0.2) is 0 Å². The first-order valence-corrected chi connectivity index (χ1v) is 6.70. The van der Waals surface area contributed by atoms with E-state index in [0.29, 0.717) is 0 Å². The van der Waals surface area contributed by atoms with Gasteiger partial charge in [0.15, 0.2) is 0 Å². The van der Waals surface area contributed by atoms with Crippen LogP contribution in [-0.4, -0.2) is 18.5 Å². The van der Waals surface area contributed by atoms with E-state index in [4.69, 9.17) is 5.73 Å². The maximum absolute atomic E-state index is 12.4. The lowest BCUT2D eigenvalue weighted by Crippen LogP contribution is -2.42. The molecule has 4 heteroatoms. The largest absolute Gasteiger partial charge is 0.327 e. The van der Waals surface area contributed by atoms with Gasteiger partial charge in [-0.2, -0.15) is 0 Å². The molecule has 0 bridgehead atoms. The zero-order chi connectivity index (χ0) is 13.5. The summed E-state index contributed by atoms with van der Waals surface area (Å²) in [6.45, 7) is 6.67. The fourth-order valence-corrected chi connectivity index (χ4v) is 1.76. The molecule has 0 heterocycles. The highest BCUT2D eigenvalue weighted by atomic mass is 35.5. The Kier molecular flexibility index (Phi) is 8.44. The molecule has 0 aliphatic carbocycles. The summed E-state index contributed by atoms with van der Waals surface area (Å²) in [7, 11) is 0. The molecule has 0 aromatic heterocycles. The Morgan fingerprint density at radius 1 is 1.26 bits per heavy atom. The van der Waals surface area contributed by atoms with Crippen molar-refractivity contribution in [3.63, 3.8) is 0 Å². The molecule has 0 saturated carbocycles. The van der Waals surface area contributed by atoms with E-state index >= 15 is 0 Å². The van der Waals surface area contributed by atoms with Gasteiger partial charge < -0.3 is 10.6 Å². The van der Waals surface area contributed by atoms with Crippen molar-refractivity contribution in [1.82, 2.24) is 0 Å². The van der Waals surface area contributed by atoms with E-state index in [0.717, 1.165) is 25.1 Å². The molecule has 0 aliphatic rings. The quantitative estimate of drug-likeness (QED) is 0.872. The minimum absolute atomic E-state index is 0. The number of nitrogens with zero attached hydrogens (tertiary/aromatic N) is 1. The fraction of sp³-hybridized carbons (Fsp3) is 0.533. The van der Waals surface area contributed by atoms with E-state index < -0.39 is 0 Å². The van der Waals surface area contributed by atoms with E-state index in [9.17, 15) is 4.79 Å². The number of carbonyl (C=O) groups is 1. The Bertz CT molecular complexity index is 368. The van der Waals surface area contributed by atoms with Crippen LogP contribution in [0, 0.1) is 5.92 Å². The highest BCUT2D eigenvalue weighted by Gasteiger charge is 2.23. The highest BCUT2D eigenvalue weighted by molar-refractivity contribution is 5.95. The molecule has 0 fully saturated rings. The van der Waals surface area contributed by atoms with Gasteiger partial charge >= 0.3 is 0 Å². The van der Waals surface area contributed by atoms with Crippen LogP contribution in [0.1, 0.15) is 33.6 Å². The molecule has 1 aromatic rings. The number of rotatable bonds is 6. The molecule has 2 unspecified atom stereocenters. The number of hydrogen-bond acceptors (Lipinski definition) is 2. The first-order chi connectivity index (χ1) is 8.57. The van der Waals surface area contributed by atoms with Gasteiger partial charge in [-0.1, -0.05) is 38.5 Å². The monoisotopic (exact) mass is 284 g/mol. The minimum atomic E-state index is -0.151. The molecule has 1 rings (SSSR count). The van der Waals surface area contributed by atoms with Crippen molar-refractivity contribution in [3.8, 4) is 0 Å². The van der Waals surface area contributed by atoms with Crippen LogP contribution in [0.2, 0.25) is 0 Å². The second-order valence-corrected chi connectivity index (χ2v) is 4.83. The maximum Gasteiger partial charge on any atom is 0.231 e. The standard InChI is InChI=1S/C15H24N2O.ClH/c1-4-5-11-17(14-9-7-6-8-10-14)15(18)12(2)13(3)16;/h6-10,12-13H,4-5,11,16H2,1-3H3;1H. The summed E-state index contributed by atoms with van der Waals surface area (Å²) in [4.78, 5) is 14.3. The van der Waals surface area contributed by atoms with Gasteiger partial charge in [0.1, 0.15) is 0 Å². The molecule has 2 atom stereocenters. The van der Waals surface area contributed by atoms with Crippen molar-refractivity contribution in [1.29, 1.82) is 0 Å². The smallest absolute Gasteiger partial charge is 0.231 e. The zero-order valence-electron chi connectivity index (χ0n) is 12.0. The first-order valence-electron chi connectivity index (χ1n) is 6.70. The molecular formula is C15H25ClN2O. The molecule has 1 amide bonds. The van der Waals surface area contributed by atoms with Crippen molar-refractivity contribution in [2.45, 2.75) is 39.7 Å². The average Bonchev–Trinajstić information content (AvgIpc) is 2.39. The summed E-state index contributed by atoms with van der Waals surface area (Å²) < 4.78 is 0. The van der Waals surface area contributed by atoms with E-state index in [1.165, 1.54) is 0 Å². The molecule has 1 aromatic carbocycles. The maximum atomic E-state index is 12.4. The lowest BCUT2D eigenvalue weighted by Gasteiger charge is -2.27. The highest BCUT2D eigenvalue weighted by Crippen LogP contribution is 2.18. The van der Waals surface area contributed by atoms with Crippen LogP contribution < -0.4 is 10.6 Å². The third-order valence-electron chi connectivity index (χ3n) is 3.25. The van der Waals surface area contributed by atoms with Gasteiger partial charge in [-0.05, 0) is 25.5 Å². The van der Waals surface area contributed by atoms with Gasteiger partial charge in [0.2, 0.25) is 5.91 Å². The van der Waals surface area contributed by atoms with Crippen molar-refractivity contribution in [3.05, 3.63) is 30.3 Å². The van der Waals surface area contributed by atoms with Gasteiger partial charge in [-0.3, -0.25) is 4.79 Å². The average molecular weight is 285 g/mol. The molecule has 0 radical (unpaired) electrons. The molecule has 0 saturated heterocycles. The van der Waals surface area contributed by atoms with E-state index in [-0.39, 0.29) is 30.3 Å². The van der Waals surface area contributed by atoms with Gasteiger partial charge in [0.25, 0.3) is 0 Å². The summed E-state index contributed by atoms with van der Waals surface area (Å²) >= 11 is 0. The van der Waals surface area contributed by atoms with Crippen LogP contribution in [0.4, 0.5) is 5.69 Å². The second kappa shape index (κ2) is 8.94. The first kappa shape index (κ1) is 17.9. The number of carbonyl (C=O) groups excluding carboxylic acids is 1. The Morgan fingerprint density at radius 3 is 2.32 bits per heavy atom. The molecule has 0 spiro atoms. The minimum Gasteiger partial charge on any atom is -0.327 e.